The van der Waals surface area contributed by atoms with Crippen molar-refractivity contribution >= 4 is 23.5 Å². The number of anilines is 1. The molecule has 0 heterocycles. The van der Waals surface area contributed by atoms with Crippen LogP contribution in [0, 0.1) is 0 Å². The lowest BCUT2D eigenvalue weighted by molar-refractivity contribution is -0.274. The second-order valence-corrected chi connectivity index (χ2v) is 9.98. The van der Waals surface area contributed by atoms with Crippen LogP contribution in [0.1, 0.15) is 66.4 Å². The minimum Gasteiger partial charge on any atom is -0.493 e. The van der Waals surface area contributed by atoms with E-state index in [9.17, 15) is 27.6 Å². The van der Waals surface area contributed by atoms with Gasteiger partial charge in [0.1, 0.15) is 5.75 Å². The third kappa shape index (κ3) is 10.2. The van der Waals surface area contributed by atoms with Gasteiger partial charge in [0, 0.05) is 23.9 Å². The fourth-order valence-corrected chi connectivity index (χ4v) is 4.91. The third-order valence-corrected chi connectivity index (χ3v) is 6.93. The summed E-state index contributed by atoms with van der Waals surface area (Å²) in [5.41, 5.74) is 2.02. The first-order valence-electron chi connectivity index (χ1n) is 14.4. The Hall–Kier alpha value is -4.74. The number of carbonyl (C=O) groups is 3. The Bertz CT molecular complexity index is 1430. The van der Waals surface area contributed by atoms with E-state index in [0.29, 0.717) is 41.2 Å². The maximum atomic E-state index is 14.0. The van der Waals surface area contributed by atoms with Gasteiger partial charge in [-0.1, -0.05) is 37.6 Å². The van der Waals surface area contributed by atoms with Crippen molar-refractivity contribution in [1.29, 1.82) is 0 Å². The fourth-order valence-electron chi connectivity index (χ4n) is 4.91. The number of carbonyl (C=O) groups excluding carboxylic acids is 3. The molecule has 0 spiro atoms. The molecule has 12 heteroatoms. The summed E-state index contributed by atoms with van der Waals surface area (Å²) < 4.78 is 57.9. The summed E-state index contributed by atoms with van der Waals surface area (Å²) >= 11 is 0. The minimum atomic E-state index is -4.86. The van der Waals surface area contributed by atoms with Crippen LogP contribution >= 0.6 is 0 Å². The van der Waals surface area contributed by atoms with E-state index in [1.54, 1.807) is 49.4 Å². The largest absolute Gasteiger partial charge is 0.573 e. The number of alkyl halides is 3. The average molecular weight is 631 g/mol. The van der Waals surface area contributed by atoms with Gasteiger partial charge in [0.05, 0.1) is 33.2 Å². The standard InChI is InChI=1S/C33H37F3N2O7/c1-5-7-26(21-8-10-23(11-9-21)31(40)37-19-18-29(39)44-6-2)30(22-12-15-25(16-13-22)45-33(34,35)36)32(41)38-24-14-17-27(42-3)28(20-24)43-4/h8-17,20,26,30H,5-7,18-19H2,1-4H3,(H,37,40)(H,38,41). The summed E-state index contributed by atoms with van der Waals surface area (Å²) in [5, 5.41) is 5.59. The normalized spacial score (nSPS) is 12.4. The number of ether oxygens (including phenoxy) is 4. The Morgan fingerprint density at radius 2 is 1.49 bits per heavy atom. The summed E-state index contributed by atoms with van der Waals surface area (Å²) in [4.78, 5) is 38.2. The predicted octanol–water partition coefficient (Wildman–Crippen LogP) is 6.59. The van der Waals surface area contributed by atoms with Crippen molar-refractivity contribution in [3.63, 3.8) is 0 Å². The fraction of sp³-hybridized carbons (Fsp3) is 0.364. The van der Waals surface area contributed by atoms with Gasteiger partial charge < -0.3 is 29.6 Å². The maximum Gasteiger partial charge on any atom is 0.573 e. The zero-order valence-corrected chi connectivity index (χ0v) is 25.5. The third-order valence-electron chi connectivity index (χ3n) is 6.93. The minimum absolute atomic E-state index is 0.0416. The number of hydrogen-bond donors (Lipinski definition) is 2. The van der Waals surface area contributed by atoms with E-state index in [0.717, 1.165) is 5.56 Å². The first-order valence-corrected chi connectivity index (χ1v) is 14.4. The first-order chi connectivity index (χ1) is 21.5. The number of halogens is 3. The van der Waals surface area contributed by atoms with Crippen molar-refractivity contribution in [2.45, 2.75) is 51.3 Å². The van der Waals surface area contributed by atoms with Gasteiger partial charge in [0.25, 0.3) is 5.91 Å². The molecule has 9 nitrogen and oxygen atoms in total. The zero-order chi connectivity index (χ0) is 33.0. The van der Waals surface area contributed by atoms with Crippen LogP contribution in [0.2, 0.25) is 0 Å². The Morgan fingerprint density at radius 1 is 0.844 bits per heavy atom. The molecule has 242 valence electrons. The molecule has 0 bridgehead atoms. The molecule has 0 radical (unpaired) electrons. The van der Waals surface area contributed by atoms with E-state index < -0.39 is 35.8 Å². The average Bonchev–Trinajstić information content (AvgIpc) is 3.01. The highest BCUT2D eigenvalue weighted by molar-refractivity contribution is 5.97. The number of benzene rings is 3. The quantitative estimate of drug-likeness (QED) is 0.182. The molecule has 2 N–H and O–H groups in total. The van der Waals surface area contributed by atoms with E-state index in [-0.39, 0.29) is 25.5 Å². The van der Waals surface area contributed by atoms with Crippen molar-refractivity contribution in [2.75, 3.05) is 32.7 Å². The smallest absolute Gasteiger partial charge is 0.493 e. The van der Waals surface area contributed by atoms with E-state index in [4.69, 9.17) is 14.2 Å². The predicted molar refractivity (Wildman–Crippen MR) is 162 cm³/mol. The molecule has 3 aromatic rings. The summed E-state index contributed by atoms with van der Waals surface area (Å²) in [6, 6.07) is 16.9. The summed E-state index contributed by atoms with van der Waals surface area (Å²) in [6.45, 7) is 4.03. The van der Waals surface area contributed by atoms with Gasteiger partial charge in [-0.2, -0.15) is 0 Å². The van der Waals surface area contributed by atoms with Crippen molar-refractivity contribution in [1.82, 2.24) is 5.32 Å². The summed E-state index contributed by atoms with van der Waals surface area (Å²) in [6.07, 6.45) is -3.57. The van der Waals surface area contributed by atoms with Crippen LogP contribution in [0.15, 0.2) is 66.7 Å². The second-order valence-electron chi connectivity index (χ2n) is 9.98. The monoisotopic (exact) mass is 630 g/mol. The molecule has 0 aliphatic rings. The molecule has 0 saturated heterocycles. The number of nitrogens with one attached hydrogen (secondary N) is 2. The zero-order valence-electron chi connectivity index (χ0n) is 25.5. The van der Waals surface area contributed by atoms with Crippen LogP contribution in [0.5, 0.6) is 17.2 Å². The molecular formula is C33H37F3N2O7. The number of amides is 2. The van der Waals surface area contributed by atoms with Crippen LogP contribution < -0.4 is 24.8 Å². The van der Waals surface area contributed by atoms with E-state index in [2.05, 4.69) is 15.4 Å². The Morgan fingerprint density at radius 3 is 2.07 bits per heavy atom. The molecule has 0 aliphatic heterocycles. The van der Waals surface area contributed by atoms with Gasteiger partial charge in [-0.05, 0) is 66.8 Å². The number of rotatable bonds is 15. The highest BCUT2D eigenvalue weighted by atomic mass is 19.4. The van der Waals surface area contributed by atoms with Gasteiger partial charge in [0.15, 0.2) is 11.5 Å². The number of esters is 1. The molecule has 3 aromatic carbocycles. The second kappa shape index (κ2) is 16.4. The van der Waals surface area contributed by atoms with Crippen LogP contribution in [-0.4, -0.2) is 51.5 Å². The highest BCUT2D eigenvalue weighted by Gasteiger charge is 2.33. The lowest BCUT2D eigenvalue weighted by Crippen LogP contribution is -2.27. The van der Waals surface area contributed by atoms with Crippen LogP contribution in [0.25, 0.3) is 0 Å². The molecule has 2 amide bonds. The van der Waals surface area contributed by atoms with Crippen LogP contribution in [0.3, 0.4) is 0 Å². The Kier molecular flexibility index (Phi) is 12.6. The molecule has 3 rings (SSSR count). The maximum absolute atomic E-state index is 14.0. The molecular weight excluding hydrogens is 593 g/mol. The molecule has 0 aliphatic carbocycles. The molecule has 0 saturated carbocycles. The topological polar surface area (TPSA) is 112 Å². The molecule has 2 unspecified atom stereocenters. The lowest BCUT2D eigenvalue weighted by Gasteiger charge is -2.28. The molecule has 0 fully saturated rings. The van der Waals surface area contributed by atoms with Gasteiger partial charge >= 0.3 is 12.3 Å². The van der Waals surface area contributed by atoms with Crippen molar-refractivity contribution in [3.05, 3.63) is 83.4 Å². The molecule has 2 atom stereocenters. The highest BCUT2D eigenvalue weighted by Crippen LogP contribution is 2.39. The van der Waals surface area contributed by atoms with E-state index in [1.807, 2.05) is 6.92 Å². The first kappa shape index (κ1) is 34.7. The lowest BCUT2D eigenvalue weighted by atomic mass is 9.78. The van der Waals surface area contributed by atoms with Gasteiger partial charge in [-0.3, -0.25) is 14.4 Å². The molecule has 45 heavy (non-hydrogen) atoms. The van der Waals surface area contributed by atoms with E-state index >= 15 is 0 Å². The van der Waals surface area contributed by atoms with Gasteiger partial charge in [-0.25, -0.2) is 0 Å². The number of hydrogen-bond acceptors (Lipinski definition) is 7. The van der Waals surface area contributed by atoms with Crippen LogP contribution in [-0.2, 0) is 14.3 Å². The molecule has 0 aromatic heterocycles. The van der Waals surface area contributed by atoms with Gasteiger partial charge in [0.2, 0.25) is 5.91 Å². The summed E-state index contributed by atoms with van der Waals surface area (Å²) in [5.74, 6) is -1.95. The Labute approximate surface area is 260 Å². The van der Waals surface area contributed by atoms with Crippen LogP contribution in [0.4, 0.5) is 18.9 Å². The SMILES string of the molecule is CCCC(c1ccc(C(=O)NCCC(=O)OCC)cc1)C(C(=O)Nc1ccc(OC)c(OC)c1)c1ccc(OC(F)(F)F)cc1. The number of methoxy groups -OCH3 is 2. The van der Waals surface area contributed by atoms with Gasteiger partial charge in [-0.15, -0.1) is 13.2 Å². The van der Waals surface area contributed by atoms with E-state index in [1.165, 1.54) is 38.5 Å². The van der Waals surface area contributed by atoms with Crippen molar-refractivity contribution < 1.29 is 46.5 Å². The summed E-state index contributed by atoms with van der Waals surface area (Å²) in [7, 11) is 2.96. The van der Waals surface area contributed by atoms with Crippen molar-refractivity contribution in [2.24, 2.45) is 0 Å². The van der Waals surface area contributed by atoms with Crippen molar-refractivity contribution in [3.8, 4) is 17.2 Å². The Balaban J connectivity index is 1.93.